The van der Waals surface area contributed by atoms with Gasteiger partial charge in [0.15, 0.2) is 11.6 Å². The summed E-state index contributed by atoms with van der Waals surface area (Å²) < 4.78 is 1.78. The number of aliphatic hydroxyl groups is 2. The Morgan fingerprint density at radius 3 is 3.07 bits per heavy atom. The van der Waals surface area contributed by atoms with Gasteiger partial charge in [-0.1, -0.05) is 0 Å². The molecule has 0 radical (unpaired) electrons. The molecule has 0 aromatic carbocycles. The normalized spacial score (nSPS) is 20.9. The highest BCUT2D eigenvalue weighted by Gasteiger charge is 2.21. The molecule has 0 spiro atoms. The van der Waals surface area contributed by atoms with Crippen molar-refractivity contribution in [1.82, 2.24) is 14.8 Å². The van der Waals surface area contributed by atoms with Gasteiger partial charge in [0.1, 0.15) is 6.10 Å². The summed E-state index contributed by atoms with van der Waals surface area (Å²) in [7, 11) is 0. The molecule has 5 nitrogen and oxygen atoms in total. The molecule has 1 aromatic heterocycles. The molecule has 1 unspecified atom stereocenters. The van der Waals surface area contributed by atoms with Crippen molar-refractivity contribution < 1.29 is 10.2 Å². The van der Waals surface area contributed by atoms with E-state index in [0.29, 0.717) is 18.7 Å². The fourth-order valence-electron chi connectivity index (χ4n) is 1.72. The van der Waals surface area contributed by atoms with Crippen LogP contribution in [0.5, 0.6) is 0 Å². The first-order valence-electron chi connectivity index (χ1n) is 5.04. The van der Waals surface area contributed by atoms with Crippen molar-refractivity contribution in [2.24, 2.45) is 0 Å². The van der Waals surface area contributed by atoms with Crippen molar-refractivity contribution >= 4 is 0 Å². The second-order valence-corrected chi connectivity index (χ2v) is 3.59. The lowest BCUT2D eigenvalue weighted by molar-refractivity contribution is 0.130. The lowest BCUT2D eigenvalue weighted by atomic mass is 10.1. The van der Waals surface area contributed by atoms with Gasteiger partial charge in [0.2, 0.25) is 0 Å². The predicted molar refractivity (Wildman–Crippen MR) is 49.6 cm³/mol. The van der Waals surface area contributed by atoms with Crippen LogP contribution in [0.2, 0.25) is 0 Å². The van der Waals surface area contributed by atoms with E-state index in [1.165, 1.54) is 0 Å². The second-order valence-electron chi connectivity index (χ2n) is 3.59. The van der Waals surface area contributed by atoms with Gasteiger partial charge in [-0.15, -0.1) is 0 Å². The molecule has 0 amide bonds. The van der Waals surface area contributed by atoms with Crippen LogP contribution in [0.3, 0.4) is 0 Å². The number of aromatic nitrogens is 3. The molecule has 0 aliphatic carbocycles. The summed E-state index contributed by atoms with van der Waals surface area (Å²) >= 11 is 0. The van der Waals surface area contributed by atoms with Crippen LogP contribution in [-0.2, 0) is 13.0 Å². The van der Waals surface area contributed by atoms with Gasteiger partial charge >= 0.3 is 0 Å². The van der Waals surface area contributed by atoms with Gasteiger partial charge in [0.25, 0.3) is 0 Å². The lowest BCUT2D eigenvalue weighted by Gasteiger charge is -2.16. The van der Waals surface area contributed by atoms with Crippen molar-refractivity contribution in [2.75, 3.05) is 6.61 Å². The molecule has 5 heteroatoms. The van der Waals surface area contributed by atoms with Crippen molar-refractivity contribution in [3.63, 3.8) is 0 Å². The van der Waals surface area contributed by atoms with E-state index in [4.69, 9.17) is 5.11 Å². The minimum atomic E-state index is -0.459. The molecule has 0 saturated carbocycles. The van der Waals surface area contributed by atoms with E-state index in [1.807, 2.05) is 0 Å². The van der Waals surface area contributed by atoms with Gasteiger partial charge in [0, 0.05) is 19.6 Å². The highest BCUT2D eigenvalue weighted by molar-refractivity contribution is 4.99. The van der Waals surface area contributed by atoms with E-state index in [-0.39, 0.29) is 6.61 Å². The Hall–Kier alpha value is -0.940. The van der Waals surface area contributed by atoms with Gasteiger partial charge in [0.05, 0.1) is 0 Å². The van der Waals surface area contributed by atoms with Crippen LogP contribution in [0.1, 0.15) is 37.0 Å². The van der Waals surface area contributed by atoms with E-state index >= 15 is 0 Å². The highest BCUT2D eigenvalue weighted by atomic mass is 16.3. The Bertz CT molecular complexity index is 311. The van der Waals surface area contributed by atoms with Crippen LogP contribution < -0.4 is 0 Å². The maximum absolute atomic E-state index is 9.63. The molecule has 1 aliphatic rings. The molecule has 0 bridgehead atoms. The van der Waals surface area contributed by atoms with Gasteiger partial charge in [-0.05, 0) is 19.3 Å². The van der Waals surface area contributed by atoms with E-state index < -0.39 is 6.10 Å². The van der Waals surface area contributed by atoms with E-state index in [0.717, 1.165) is 25.2 Å². The van der Waals surface area contributed by atoms with Crippen LogP contribution in [0.15, 0.2) is 0 Å². The second kappa shape index (κ2) is 4.06. The van der Waals surface area contributed by atoms with Crippen LogP contribution in [0.4, 0.5) is 0 Å². The summed E-state index contributed by atoms with van der Waals surface area (Å²) in [6.45, 7) is 1.00. The Balaban J connectivity index is 2.13. The highest BCUT2D eigenvalue weighted by Crippen LogP contribution is 2.22. The van der Waals surface area contributed by atoms with Crippen molar-refractivity contribution in [3.8, 4) is 0 Å². The van der Waals surface area contributed by atoms with E-state index in [2.05, 4.69) is 10.1 Å². The third-order valence-corrected chi connectivity index (χ3v) is 2.45. The van der Waals surface area contributed by atoms with Crippen molar-refractivity contribution in [2.45, 2.75) is 38.3 Å². The van der Waals surface area contributed by atoms with Crippen LogP contribution in [0.25, 0.3) is 0 Å². The minimum absolute atomic E-state index is 0.159. The number of hydrogen-bond acceptors (Lipinski definition) is 4. The summed E-state index contributed by atoms with van der Waals surface area (Å²) in [6.07, 6.45) is 2.64. The van der Waals surface area contributed by atoms with Crippen LogP contribution in [0, 0.1) is 0 Å². The maximum atomic E-state index is 9.63. The van der Waals surface area contributed by atoms with Crippen molar-refractivity contribution in [1.29, 1.82) is 0 Å². The molecule has 2 heterocycles. The third-order valence-electron chi connectivity index (χ3n) is 2.45. The minimum Gasteiger partial charge on any atom is -0.396 e. The first-order valence-corrected chi connectivity index (χ1v) is 5.04. The Morgan fingerprint density at radius 1 is 1.50 bits per heavy atom. The van der Waals surface area contributed by atoms with Gasteiger partial charge in [-0.2, -0.15) is 5.10 Å². The Labute approximate surface area is 82.4 Å². The SMILES string of the molecule is OCCCc1nc2n(n1)CCCC2O. The summed E-state index contributed by atoms with van der Waals surface area (Å²) in [5.41, 5.74) is 0. The van der Waals surface area contributed by atoms with E-state index in [9.17, 15) is 5.11 Å². The number of hydrogen-bond donors (Lipinski definition) is 2. The number of fused-ring (bicyclic) bond motifs is 1. The quantitative estimate of drug-likeness (QED) is 0.717. The molecule has 1 aromatic rings. The topological polar surface area (TPSA) is 71.2 Å². The molecule has 1 aliphatic heterocycles. The number of aryl methyl sites for hydroxylation is 2. The summed E-state index contributed by atoms with van der Waals surface area (Å²) in [5.74, 6) is 1.42. The lowest BCUT2D eigenvalue weighted by Crippen LogP contribution is -2.16. The maximum Gasteiger partial charge on any atom is 0.156 e. The zero-order valence-corrected chi connectivity index (χ0v) is 8.06. The molecule has 2 N–H and O–H groups in total. The smallest absolute Gasteiger partial charge is 0.156 e. The average Bonchev–Trinajstić information content (AvgIpc) is 2.59. The van der Waals surface area contributed by atoms with Crippen LogP contribution >= 0.6 is 0 Å². The summed E-state index contributed by atoms with van der Waals surface area (Å²) in [6, 6.07) is 0. The number of rotatable bonds is 3. The number of nitrogens with zero attached hydrogens (tertiary/aromatic N) is 3. The fourth-order valence-corrected chi connectivity index (χ4v) is 1.72. The number of aliphatic hydroxyl groups excluding tert-OH is 2. The van der Waals surface area contributed by atoms with Crippen molar-refractivity contribution in [3.05, 3.63) is 11.6 Å². The van der Waals surface area contributed by atoms with Gasteiger partial charge < -0.3 is 10.2 Å². The Morgan fingerprint density at radius 2 is 2.36 bits per heavy atom. The van der Waals surface area contributed by atoms with Gasteiger partial charge in [-0.25, -0.2) is 9.67 Å². The first kappa shape index (κ1) is 9.61. The van der Waals surface area contributed by atoms with Crippen LogP contribution in [-0.4, -0.2) is 31.6 Å². The molecule has 14 heavy (non-hydrogen) atoms. The molecular weight excluding hydrogens is 182 g/mol. The predicted octanol–water partition coefficient (Wildman–Crippen LogP) is 0.0302. The summed E-state index contributed by atoms with van der Waals surface area (Å²) in [5, 5.41) is 22.6. The van der Waals surface area contributed by atoms with Gasteiger partial charge in [-0.3, -0.25) is 0 Å². The third kappa shape index (κ3) is 1.78. The zero-order valence-electron chi connectivity index (χ0n) is 8.06. The molecule has 2 rings (SSSR count). The molecule has 0 saturated heterocycles. The molecule has 0 fully saturated rings. The van der Waals surface area contributed by atoms with E-state index in [1.54, 1.807) is 4.68 Å². The average molecular weight is 197 g/mol. The monoisotopic (exact) mass is 197 g/mol. The summed E-state index contributed by atoms with van der Waals surface area (Å²) in [4.78, 5) is 4.26. The molecular formula is C9H15N3O2. The molecule has 1 atom stereocenters. The largest absolute Gasteiger partial charge is 0.396 e. The fraction of sp³-hybridized carbons (Fsp3) is 0.778. The first-order chi connectivity index (χ1) is 6.81. The zero-order chi connectivity index (χ0) is 9.97. The molecule has 78 valence electrons. The Kier molecular flexibility index (Phi) is 2.79. The standard InChI is InChI=1S/C9H15N3O2/c13-6-2-4-8-10-9-7(14)3-1-5-12(9)11-8/h7,13-14H,1-6H2.